The third-order valence-electron chi connectivity index (χ3n) is 3.24. The summed E-state index contributed by atoms with van der Waals surface area (Å²) in [6, 6.07) is 6.72. The molecule has 1 fully saturated rings. The Hall–Kier alpha value is -1.19. The highest BCUT2D eigenvalue weighted by atomic mass is 15.2. The van der Waals surface area contributed by atoms with Crippen LogP contribution in [0.2, 0.25) is 0 Å². The number of hydrogen-bond acceptors (Lipinski definition) is 3. The molecule has 3 heteroatoms. The fourth-order valence-electron chi connectivity index (χ4n) is 2.35. The van der Waals surface area contributed by atoms with Crippen molar-refractivity contribution in [1.82, 2.24) is 15.2 Å². The number of pyridine rings is 1. The lowest BCUT2D eigenvalue weighted by atomic mass is 10.1. The van der Waals surface area contributed by atoms with Gasteiger partial charge in [0.05, 0.1) is 5.69 Å². The van der Waals surface area contributed by atoms with Gasteiger partial charge < -0.3 is 5.32 Å². The Bertz CT molecular complexity index is 331. The quantitative estimate of drug-likeness (QED) is 0.784. The molecule has 2 heterocycles. The maximum atomic E-state index is 4.40. The second kappa shape index (κ2) is 6.52. The molecular weight excluding hydrogens is 210 g/mol. The number of rotatable bonds is 5. The molecule has 2 rings (SSSR count). The van der Waals surface area contributed by atoms with Gasteiger partial charge in [-0.1, -0.05) is 12.1 Å². The first-order chi connectivity index (χ1) is 8.40. The maximum Gasteiger partial charge on any atom is 0.0544 e. The topological polar surface area (TPSA) is 28.2 Å². The Balaban J connectivity index is 1.98. The molecule has 1 saturated heterocycles. The van der Waals surface area contributed by atoms with Crippen LogP contribution in [0.1, 0.15) is 18.5 Å². The summed E-state index contributed by atoms with van der Waals surface area (Å²) >= 11 is 0. The Morgan fingerprint density at radius 2 is 2.47 bits per heavy atom. The Morgan fingerprint density at radius 3 is 3.12 bits per heavy atom. The minimum Gasteiger partial charge on any atom is -0.315 e. The van der Waals surface area contributed by atoms with Crippen LogP contribution in [0.15, 0.2) is 37.1 Å². The standard InChI is InChI=1S/C14H21N3/c1-2-10-17(14-7-5-8-15-11-14)12-13-6-3-4-9-16-13/h2-4,6,9,14-15H,1,5,7-8,10-12H2/t14-/m1/s1. The molecule has 3 nitrogen and oxygen atoms in total. The van der Waals surface area contributed by atoms with Crippen LogP contribution in [0.25, 0.3) is 0 Å². The van der Waals surface area contributed by atoms with E-state index in [4.69, 9.17) is 0 Å². The SMILES string of the molecule is C=CCN(Cc1ccccn1)[C@@H]1CCCNC1. The van der Waals surface area contributed by atoms with E-state index < -0.39 is 0 Å². The van der Waals surface area contributed by atoms with Crippen LogP contribution in [0.3, 0.4) is 0 Å². The van der Waals surface area contributed by atoms with Crippen LogP contribution in [-0.4, -0.2) is 35.6 Å². The largest absolute Gasteiger partial charge is 0.315 e. The number of nitrogens with zero attached hydrogens (tertiary/aromatic N) is 2. The summed E-state index contributed by atoms with van der Waals surface area (Å²) < 4.78 is 0. The molecule has 0 spiro atoms. The molecule has 1 atom stereocenters. The summed E-state index contributed by atoms with van der Waals surface area (Å²) in [4.78, 5) is 6.86. The van der Waals surface area contributed by atoms with Crippen molar-refractivity contribution < 1.29 is 0 Å². The molecule has 1 aromatic heterocycles. The Labute approximate surface area is 104 Å². The number of aromatic nitrogens is 1. The molecule has 0 aliphatic carbocycles. The van der Waals surface area contributed by atoms with Gasteiger partial charge in [-0.05, 0) is 31.5 Å². The number of hydrogen-bond donors (Lipinski definition) is 1. The molecule has 0 bridgehead atoms. The van der Waals surface area contributed by atoms with E-state index in [9.17, 15) is 0 Å². The van der Waals surface area contributed by atoms with E-state index >= 15 is 0 Å². The van der Waals surface area contributed by atoms with E-state index in [2.05, 4.69) is 27.8 Å². The summed E-state index contributed by atoms with van der Waals surface area (Å²) in [5.41, 5.74) is 1.14. The second-order valence-electron chi connectivity index (χ2n) is 4.54. The predicted molar refractivity (Wildman–Crippen MR) is 70.7 cm³/mol. The monoisotopic (exact) mass is 231 g/mol. The van der Waals surface area contributed by atoms with Gasteiger partial charge in [-0.3, -0.25) is 9.88 Å². The molecular formula is C14H21N3. The maximum absolute atomic E-state index is 4.40. The van der Waals surface area contributed by atoms with Crippen LogP contribution < -0.4 is 5.32 Å². The first kappa shape index (κ1) is 12.3. The van der Waals surface area contributed by atoms with Gasteiger partial charge in [0.25, 0.3) is 0 Å². The molecule has 17 heavy (non-hydrogen) atoms. The normalized spacial score (nSPS) is 20.4. The van der Waals surface area contributed by atoms with Gasteiger partial charge in [-0.2, -0.15) is 0 Å². The molecule has 0 amide bonds. The fraction of sp³-hybridized carbons (Fsp3) is 0.500. The summed E-state index contributed by atoms with van der Waals surface area (Å²) in [6.45, 7) is 7.94. The van der Waals surface area contributed by atoms with Crippen LogP contribution in [0.4, 0.5) is 0 Å². The van der Waals surface area contributed by atoms with Crippen molar-refractivity contribution in [2.24, 2.45) is 0 Å². The molecule has 92 valence electrons. The van der Waals surface area contributed by atoms with Crippen LogP contribution in [0.5, 0.6) is 0 Å². The molecule has 0 saturated carbocycles. The fourth-order valence-corrected chi connectivity index (χ4v) is 2.35. The van der Waals surface area contributed by atoms with Crippen LogP contribution in [-0.2, 0) is 6.54 Å². The molecule has 1 aliphatic rings. The lowest BCUT2D eigenvalue weighted by Crippen LogP contribution is -2.45. The minimum absolute atomic E-state index is 0.615. The predicted octanol–water partition coefficient (Wildman–Crippen LogP) is 1.82. The first-order valence-electron chi connectivity index (χ1n) is 6.35. The van der Waals surface area contributed by atoms with E-state index in [1.165, 1.54) is 12.8 Å². The van der Waals surface area contributed by atoms with Crippen molar-refractivity contribution in [2.75, 3.05) is 19.6 Å². The van der Waals surface area contributed by atoms with Gasteiger partial charge in [0.15, 0.2) is 0 Å². The molecule has 0 unspecified atom stereocenters. The van der Waals surface area contributed by atoms with Gasteiger partial charge >= 0.3 is 0 Å². The van der Waals surface area contributed by atoms with E-state index in [1.54, 1.807) is 0 Å². The van der Waals surface area contributed by atoms with E-state index in [1.807, 2.05) is 24.4 Å². The van der Waals surface area contributed by atoms with Gasteiger partial charge in [0.1, 0.15) is 0 Å². The highest BCUT2D eigenvalue weighted by Crippen LogP contribution is 2.13. The lowest BCUT2D eigenvalue weighted by molar-refractivity contribution is 0.173. The average Bonchev–Trinajstić information content (AvgIpc) is 2.40. The molecule has 1 aliphatic heterocycles. The van der Waals surface area contributed by atoms with Crippen molar-refractivity contribution >= 4 is 0 Å². The van der Waals surface area contributed by atoms with Crippen molar-refractivity contribution in [3.63, 3.8) is 0 Å². The van der Waals surface area contributed by atoms with Crippen molar-refractivity contribution in [2.45, 2.75) is 25.4 Å². The van der Waals surface area contributed by atoms with Gasteiger partial charge in [0, 0.05) is 31.9 Å². The molecule has 0 radical (unpaired) electrons. The van der Waals surface area contributed by atoms with E-state index in [-0.39, 0.29) is 0 Å². The average molecular weight is 231 g/mol. The summed E-state index contributed by atoms with van der Waals surface area (Å²) in [5, 5.41) is 3.46. The molecule has 1 N–H and O–H groups in total. The number of piperidine rings is 1. The van der Waals surface area contributed by atoms with Crippen molar-refractivity contribution in [1.29, 1.82) is 0 Å². The first-order valence-corrected chi connectivity index (χ1v) is 6.35. The summed E-state index contributed by atoms with van der Waals surface area (Å²) in [5.74, 6) is 0. The Kier molecular flexibility index (Phi) is 4.71. The summed E-state index contributed by atoms with van der Waals surface area (Å²) in [6.07, 6.45) is 6.38. The highest BCUT2D eigenvalue weighted by Gasteiger charge is 2.20. The summed E-state index contributed by atoms with van der Waals surface area (Å²) in [7, 11) is 0. The zero-order valence-electron chi connectivity index (χ0n) is 10.3. The third kappa shape index (κ3) is 3.65. The van der Waals surface area contributed by atoms with Gasteiger partial charge in [0.2, 0.25) is 0 Å². The van der Waals surface area contributed by atoms with E-state index in [0.717, 1.165) is 31.9 Å². The zero-order chi connectivity index (χ0) is 11.9. The second-order valence-corrected chi connectivity index (χ2v) is 4.54. The van der Waals surface area contributed by atoms with Crippen LogP contribution in [0, 0.1) is 0 Å². The zero-order valence-corrected chi connectivity index (χ0v) is 10.3. The smallest absolute Gasteiger partial charge is 0.0544 e. The third-order valence-corrected chi connectivity index (χ3v) is 3.24. The lowest BCUT2D eigenvalue weighted by Gasteiger charge is -2.33. The van der Waals surface area contributed by atoms with Gasteiger partial charge in [-0.15, -0.1) is 6.58 Å². The highest BCUT2D eigenvalue weighted by molar-refractivity contribution is 5.04. The van der Waals surface area contributed by atoms with Crippen LogP contribution >= 0.6 is 0 Å². The van der Waals surface area contributed by atoms with Gasteiger partial charge in [-0.25, -0.2) is 0 Å². The minimum atomic E-state index is 0.615. The number of nitrogens with one attached hydrogen (secondary N) is 1. The van der Waals surface area contributed by atoms with Crippen molar-refractivity contribution in [3.05, 3.63) is 42.7 Å². The molecule has 1 aromatic rings. The van der Waals surface area contributed by atoms with Crippen molar-refractivity contribution in [3.8, 4) is 0 Å². The Morgan fingerprint density at radius 1 is 1.53 bits per heavy atom. The molecule has 0 aromatic carbocycles. The van der Waals surface area contributed by atoms with E-state index in [0.29, 0.717) is 6.04 Å².